The van der Waals surface area contributed by atoms with E-state index in [1.807, 2.05) is 36.4 Å². The lowest BCUT2D eigenvalue weighted by Crippen LogP contribution is -2.36. The summed E-state index contributed by atoms with van der Waals surface area (Å²) in [6, 6.07) is 11.8. The van der Waals surface area contributed by atoms with Crippen molar-refractivity contribution in [1.82, 2.24) is 19.9 Å². The van der Waals surface area contributed by atoms with Crippen LogP contribution in [0.25, 0.3) is 22.2 Å². The van der Waals surface area contributed by atoms with E-state index in [9.17, 15) is 4.79 Å². The Balaban J connectivity index is 1.55. The van der Waals surface area contributed by atoms with Crippen molar-refractivity contribution in [3.05, 3.63) is 48.8 Å². The van der Waals surface area contributed by atoms with Gasteiger partial charge >= 0.3 is 0 Å². The first-order chi connectivity index (χ1) is 12.7. The Hall–Kier alpha value is -2.86. The molecule has 1 aliphatic rings. The topological polar surface area (TPSA) is 71.0 Å². The van der Waals surface area contributed by atoms with Crippen LogP contribution in [0.5, 0.6) is 0 Å². The summed E-state index contributed by atoms with van der Waals surface area (Å²) in [5.74, 6) is 0.406. The van der Waals surface area contributed by atoms with Crippen molar-refractivity contribution in [2.24, 2.45) is 5.92 Å². The third kappa shape index (κ3) is 3.55. The summed E-state index contributed by atoms with van der Waals surface area (Å²) in [5.41, 5.74) is 2.68. The molecule has 132 valence electrons. The number of aromatic nitrogens is 3. The van der Waals surface area contributed by atoms with Crippen LogP contribution < -0.4 is 5.32 Å². The van der Waals surface area contributed by atoms with Gasteiger partial charge in [-0.2, -0.15) is 0 Å². The molecule has 4 rings (SSSR count). The van der Waals surface area contributed by atoms with E-state index < -0.39 is 0 Å². The van der Waals surface area contributed by atoms with Crippen LogP contribution in [0.4, 0.5) is 5.95 Å². The molecular formula is C20H21N5O. The lowest BCUT2D eigenvalue weighted by atomic mass is 9.96. The first-order valence-corrected chi connectivity index (χ1v) is 8.87. The monoisotopic (exact) mass is 347 g/mol. The summed E-state index contributed by atoms with van der Waals surface area (Å²) < 4.78 is 0. The van der Waals surface area contributed by atoms with Crippen molar-refractivity contribution in [1.29, 1.82) is 0 Å². The van der Waals surface area contributed by atoms with Crippen LogP contribution in [-0.2, 0) is 4.79 Å². The van der Waals surface area contributed by atoms with Gasteiger partial charge < -0.3 is 4.90 Å². The number of nitrogens with zero attached hydrogens (tertiary/aromatic N) is 4. The maximum atomic E-state index is 12.5. The normalized spacial score (nSPS) is 15.9. The number of carbonyl (C=O) groups is 1. The fraction of sp³-hybridized carbons (Fsp3) is 0.300. The second-order valence-electron chi connectivity index (χ2n) is 6.75. The van der Waals surface area contributed by atoms with Gasteiger partial charge in [-0.3, -0.25) is 15.1 Å². The van der Waals surface area contributed by atoms with Crippen molar-refractivity contribution < 1.29 is 4.79 Å². The van der Waals surface area contributed by atoms with Crippen LogP contribution in [0.15, 0.2) is 48.8 Å². The minimum atomic E-state index is 0.0123. The number of pyridine rings is 1. The van der Waals surface area contributed by atoms with Crippen LogP contribution in [0, 0.1) is 5.92 Å². The summed E-state index contributed by atoms with van der Waals surface area (Å²) in [4.78, 5) is 27.9. The quantitative estimate of drug-likeness (QED) is 0.789. The Morgan fingerprint density at radius 3 is 2.77 bits per heavy atom. The molecule has 6 nitrogen and oxygen atoms in total. The molecule has 26 heavy (non-hydrogen) atoms. The Bertz CT molecular complexity index is 920. The van der Waals surface area contributed by atoms with E-state index in [1.54, 1.807) is 12.4 Å². The molecule has 0 saturated carbocycles. The molecule has 2 aromatic heterocycles. The van der Waals surface area contributed by atoms with E-state index in [-0.39, 0.29) is 11.8 Å². The van der Waals surface area contributed by atoms with Gasteiger partial charge in [0.15, 0.2) is 0 Å². The highest BCUT2D eigenvalue weighted by atomic mass is 16.2. The molecule has 0 radical (unpaired) electrons. The van der Waals surface area contributed by atoms with Crippen LogP contribution in [0.2, 0.25) is 0 Å². The van der Waals surface area contributed by atoms with E-state index in [2.05, 4.69) is 32.2 Å². The van der Waals surface area contributed by atoms with Crippen molar-refractivity contribution in [2.45, 2.75) is 12.8 Å². The van der Waals surface area contributed by atoms with E-state index in [4.69, 9.17) is 0 Å². The summed E-state index contributed by atoms with van der Waals surface area (Å²) >= 11 is 0. The van der Waals surface area contributed by atoms with E-state index in [1.165, 1.54) is 0 Å². The van der Waals surface area contributed by atoms with Gasteiger partial charge in [-0.1, -0.05) is 18.2 Å². The molecular weight excluding hydrogens is 326 g/mol. The first-order valence-electron chi connectivity index (χ1n) is 8.87. The van der Waals surface area contributed by atoms with Gasteiger partial charge in [0.2, 0.25) is 11.9 Å². The smallest absolute Gasteiger partial charge is 0.229 e. The number of likely N-dealkylation sites (tertiary alicyclic amines) is 1. The molecule has 6 heteroatoms. The average Bonchev–Trinajstić information content (AvgIpc) is 2.68. The SMILES string of the molecule is CN1CCC(C(=O)Nc2ncc3ccc(-c4ccccn4)cc3n2)CC1. The van der Waals surface area contributed by atoms with Crippen molar-refractivity contribution in [3.8, 4) is 11.3 Å². The number of nitrogens with one attached hydrogen (secondary N) is 1. The standard InChI is InChI=1S/C20H21N5O/c1-25-10-7-14(8-11-25)19(26)24-20-22-13-16-6-5-15(12-18(16)23-20)17-4-2-3-9-21-17/h2-6,9,12-14H,7-8,10-11H2,1H3,(H,22,23,24,26). The largest absolute Gasteiger partial charge is 0.306 e. The molecule has 3 aromatic rings. The van der Waals surface area contributed by atoms with Gasteiger partial charge in [-0.25, -0.2) is 9.97 Å². The number of rotatable bonds is 3. The number of amides is 1. The molecule has 1 N–H and O–H groups in total. The molecule has 3 heterocycles. The van der Waals surface area contributed by atoms with Gasteiger partial charge in [-0.05, 0) is 51.2 Å². The minimum absolute atomic E-state index is 0.0123. The predicted octanol–water partition coefficient (Wildman–Crippen LogP) is 2.97. The Morgan fingerprint density at radius 1 is 1.15 bits per heavy atom. The highest BCUT2D eigenvalue weighted by Gasteiger charge is 2.23. The summed E-state index contributed by atoms with van der Waals surface area (Å²) in [6.45, 7) is 1.90. The fourth-order valence-corrected chi connectivity index (χ4v) is 3.26. The predicted molar refractivity (Wildman–Crippen MR) is 102 cm³/mol. The zero-order valence-corrected chi connectivity index (χ0v) is 14.7. The summed E-state index contributed by atoms with van der Waals surface area (Å²) in [7, 11) is 2.08. The van der Waals surface area contributed by atoms with Crippen molar-refractivity contribution >= 4 is 22.8 Å². The molecule has 0 bridgehead atoms. The van der Waals surface area contributed by atoms with Gasteiger partial charge in [0.1, 0.15) is 0 Å². The molecule has 0 unspecified atom stereocenters. The zero-order valence-electron chi connectivity index (χ0n) is 14.7. The highest BCUT2D eigenvalue weighted by Crippen LogP contribution is 2.23. The van der Waals surface area contributed by atoms with E-state index in [0.717, 1.165) is 48.1 Å². The molecule has 1 saturated heterocycles. The zero-order chi connectivity index (χ0) is 17.9. The maximum absolute atomic E-state index is 12.5. The van der Waals surface area contributed by atoms with Crippen LogP contribution in [0.3, 0.4) is 0 Å². The number of fused-ring (bicyclic) bond motifs is 1. The molecule has 1 aliphatic heterocycles. The average molecular weight is 347 g/mol. The number of carbonyl (C=O) groups excluding carboxylic acids is 1. The highest BCUT2D eigenvalue weighted by molar-refractivity contribution is 5.92. The Kier molecular flexibility index (Phi) is 4.58. The van der Waals surface area contributed by atoms with Gasteiger partial charge in [-0.15, -0.1) is 0 Å². The Morgan fingerprint density at radius 2 is 2.00 bits per heavy atom. The van der Waals surface area contributed by atoms with Gasteiger partial charge in [0.25, 0.3) is 0 Å². The molecule has 0 atom stereocenters. The summed E-state index contributed by atoms with van der Waals surface area (Å²) in [5, 5.41) is 3.81. The van der Waals surface area contributed by atoms with Crippen LogP contribution in [0.1, 0.15) is 12.8 Å². The van der Waals surface area contributed by atoms with Gasteiger partial charge in [0.05, 0.1) is 11.2 Å². The molecule has 1 amide bonds. The van der Waals surface area contributed by atoms with Crippen LogP contribution >= 0.6 is 0 Å². The number of hydrogen-bond donors (Lipinski definition) is 1. The third-order valence-electron chi connectivity index (χ3n) is 4.87. The lowest BCUT2D eigenvalue weighted by molar-refractivity contribution is -0.121. The molecule has 0 aliphatic carbocycles. The fourth-order valence-electron chi connectivity index (χ4n) is 3.26. The first kappa shape index (κ1) is 16.6. The number of anilines is 1. The number of hydrogen-bond acceptors (Lipinski definition) is 5. The second kappa shape index (κ2) is 7.17. The second-order valence-corrected chi connectivity index (χ2v) is 6.75. The molecule has 1 aromatic carbocycles. The minimum Gasteiger partial charge on any atom is -0.306 e. The summed E-state index contributed by atoms with van der Waals surface area (Å²) in [6.07, 6.45) is 5.26. The van der Waals surface area contributed by atoms with E-state index >= 15 is 0 Å². The molecule has 1 fully saturated rings. The Labute approximate surface area is 152 Å². The lowest BCUT2D eigenvalue weighted by Gasteiger charge is -2.27. The van der Waals surface area contributed by atoms with Gasteiger partial charge in [0, 0.05) is 29.3 Å². The number of benzene rings is 1. The van der Waals surface area contributed by atoms with Crippen molar-refractivity contribution in [2.75, 3.05) is 25.5 Å². The van der Waals surface area contributed by atoms with Crippen molar-refractivity contribution in [3.63, 3.8) is 0 Å². The van der Waals surface area contributed by atoms with E-state index in [0.29, 0.717) is 5.95 Å². The van der Waals surface area contributed by atoms with Crippen LogP contribution in [-0.4, -0.2) is 45.9 Å². The molecule has 0 spiro atoms. The third-order valence-corrected chi connectivity index (χ3v) is 4.87. The number of piperidine rings is 1. The maximum Gasteiger partial charge on any atom is 0.229 e.